The van der Waals surface area contributed by atoms with E-state index in [-0.39, 0.29) is 12.0 Å². The van der Waals surface area contributed by atoms with Gasteiger partial charge in [0, 0.05) is 4.90 Å². The number of aliphatic carboxylic acids is 1. The highest BCUT2D eigenvalue weighted by Crippen LogP contribution is 2.45. The van der Waals surface area contributed by atoms with Crippen LogP contribution in [0.4, 0.5) is 0 Å². The van der Waals surface area contributed by atoms with Gasteiger partial charge >= 0.3 is 11.9 Å². The largest absolute Gasteiger partial charge is 0.480 e. The third-order valence-electron chi connectivity index (χ3n) is 3.17. The smallest absolute Gasteiger partial charge is 0.335 e. The first-order valence-corrected chi connectivity index (χ1v) is 6.46. The fourth-order valence-corrected chi connectivity index (χ4v) is 3.36. The van der Waals surface area contributed by atoms with E-state index in [9.17, 15) is 14.7 Å². The lowest BCUT2D eigenvalue weighted by molar-refractivity contribution is -0.140. The van der Waals surface area contributed by atoms with Gasteiger partial charge in [-0.05, 0) is 36.6 Å². The molecule has 98 valence electrons. The van der Waals surface area contributed by atoms with Gasteiger partial charge in [0.05, 0.1) is 18.1 Å². The zero-order valence-electron chi connectivity index (χ0n) is 9.92. The molecule has 0 fully saturated rings. The van der Waals surface area contributed by atoms with E-state index in [1.807, 2.05) is 6.07 Å². The summed E-state index contributed by atoms with van der Waals surface area (Å²) < 4.78 is -1.12. The summed E-state index contributed by atoms with van der Waals surface area (Å²) >= 11 is 1.14. The molecular formula is C13H11NO4S. The number of fused-ring (bicyclic) bond motifs is 1. The van der Waals surface area contributed by atoms with Crippen LogP contribution in [0.1, 0.15) is 28.8 Å². The van der Waals surface area contributed by atoms with Crippen LogP contribution in [-0.2, 0) is 11.2 Å². The van der Waals surface area contributed by atoms with Crippen molar-refractivity contribution in [2.45, 2.75) is 28.9 Å². The number of aromatic carboxylic acids is 1. The minimum Gasteiger partial charge on any atom is -0.480 e. The van der Waals surface area contributed by atoms with E-state index < -0.39 is 16.7 Å². The molecule has 1 aromatic carbocycles. The van der Waals surface area contributed by atoms with Gasteiger partial charge in [-0.1, -0.05) is 0 Å². The number of aryl methyl sites for hydroxylation is 1. The molecule has 2 rings (SSSR count). The van der Waals surface area contributed by atoms with E-state index in [2.05, 4.69) is 0 Å². The van der Waals surface area contributed by atoms with Crippen molar-refractivity contribution < 1.29 is 19.8 Å². The normalized spacial score (nSPS) is 21.2. The van der Waals surface area contributed by atoms with E-state index in [1.165, 1.54) is 6.07 Å². The molecule has 0 saturated heterocycles. The minimum atomic E-state index is -1.12. The SMILES string of the molecule is N#CCC1(C(=O)O)CCc2cc(C(=O)O)ccc2S1. The highest BCUT2D eigenvalue weighted by atomic mass is 32.2. The molecule has 0 amide bonds. The monoisotopic (exact) mass is 277 g/mol. The number of thioether (sulfide) groups is 1. The number of carbonyl (C=O) groups is 2. The van der Waals surface area contributed by atoms with Gasteiger partial charge in [0.1, 0.15) is 4.75 Å². The summed E-state index contributed by atoms with van der Waals surface area (Å²) in [6, 6.07) is 6.58. The Hall–Kier alpha value is -2.00. The maximum Gasteiger partial charge on any atom is 0.335 e. The molecule has 1 unspecified atom stereocenters. The fourth-order valence-electron chi connectivity index (χ4n) is 2.08. The number of carboxylic acids is 2. The van der Waals surface area contributed by atoms with Crippen LogP contribution in [0, 0.1) is 11.3 Å². The highest BCUT2D eigenvalue weighted by molar-refractivity contribution is 8.01. The molecule has 0 aliphatic carbocycles. The summed E-state index contributed by atoms with van der Waals surface area (Å²) in [5, 5.41) is 27.0. The second-order valence-electron chi connectivity index (χ2n) is 4.36. The minimum absolute atomic E-state index is 0.0624. The first kappa shape index (κ1) is 13.4. The Morgan fingerprint density at radius 1 is 1.42 bits per heavy atom. The number of rotatable bonds is 3. The van der Waals surface area contributed by atoms with Gasteiger partial charge in [0.25, 0.3) is 0 Å². The molecule has 0 aromatic heterocycles. The average Bonchev–Trinajstić information content (AvgIpc) is 2.38. The number of benzene rings is 1. The molecule has 1 aliphatic heterocycles. The summed E-state index contributed by atoms with van der Waals surface area (Å²) in [6.07, 6.45) is 0.737. The van der Waals surface area contributed by atoms with Gasteiger partial charge in [0.15, 0.2) is 0 Å². The predicted octanol–water partition coefficient (Wildman–Crippen LogP) is 2.16. The third-order valence-corrected chi connectivity index (χ3v) is 4.70. The number of nitrogens with zero attached hydrogens (tertiary/aromatic N) is 1. The van der Waals surface area contributed by atoms with Crippen LogP contribution in [-0.4, -0.2) is 26.9 Å². The molecule has 2 N–H and O–H groups in total. The lowest BCUT2D eigenvalue weighted by Gasteiger charge is -2.31. The maximum atomic E-state index is 11.4. The van der Waals surface area contributed by atoms with Crippen molar-refractivity contribution >= 4 is 23.7 Å². The topological polar surface area (TPSA) is 98.4 Å². The summed E-state index contributed by atoms with van der Waals surface area (Å²) in [5.74, 6) is -1.99. The molecule has 1 atom stereocenters. The molecule has 1 heterocycles. The molecule has 0 saturated carbocycles. The highest BCUT2D eigenvalue weighted by Gasteiger charge is 2.42. The summed E-state index contributed by atoms with van der Waals surface area (Å²) in [5.41, 5.74) is 1.03. The zero-order chi connectivity index (χ0) is 14.0. The maximum absolute atomic E-state index is 11.4. The first-order valence-electron chi connectivity index (χ1n) is 5.64. The molecule has 1 aromatic rings. The summed E-state index contributed by atoms with van der Waals surface area (Å²) in [4.78, 5) is 23.0. The summed E-state index contributed by atoms with van der Waals surface area (Å²) in [7, 11) is 0. The number of hydrogen-bond acceptors (Lipinski definition) is 4. The molecular weight excluding hydrogens is 266 g/mol. The lowest BCUT2D eigenvalue weighted by Crippen LogP contribution is -2.37. The number of nitriles is 1. The second kappa shape index (κ2) is 4.94. The Morgan fingerprint density at radius 3 is 2.74 bits per heavy atom. The molecule has 1 aliphatic rings. The van der Waals surface area contributed by atoms with Crippen LogP contribution in [0.25, 0.3) is 0 Å². The van der Waals surface area contributed by atoms with Crippen LogP contribution < -0.4 is 0 Å². The van der Waals surface area contributed by atoms with Gasteiger partial charge in [-0.3, -0.25) is 4.79 Å². The summed E-state index contributed by atoms with van der Waals surface area (Å²) in [6.45, 7) is 0. The van der Waals surface area contributed by atoms with Crippen molar-refractivity contribution in [3.63, 3.8) is 0 Å². The van der Waals surface area contributed by atoms with Gasteiger partial charge < -0.3 is 10.2 Å². The Labute approximate surface area is 113 Å². The van der Waals surface area contributed by atoms with E-state index in [4.69, 9.17) is 10.4 Å². The Balaban J connectivity index is 2.37. The van der Waals surface area contributed by atoms with Gasteiger partial charge in [-0.2, -0.15) is 5.26 Å². The number of carboxylic acid groups (broad SMARTS) is 2. The van der Waals surface area contributed by atoms with Crippen molar-refractivity contribution in [3.05, 3.63) is 29.3 Å². The fraction of sp³-hybridized carbons (Fsp3) is 0.308. The molecule has 0 bridgehead atoms. The third kappa shape index (κ3) is 2.42. The van der Waals surface area contributed by atoms with E-state index in [0.29, 0.717) is 12.8 Å². The van der Waals surface area contributed by atoms with E-state index in [1.54, 1.807) is 12.1 Å². The first-order chi connectivity index (χ1) is 8.98. The van der Waals surface area contributed by atoms with Gasteiger partial charge in [-0.15, -0.1) is 11.8 Å². The molecule has 0 radical (unpaired) electrons. The average molecular weight is 277 g/mol. The second-order valence-corrected chi connectivity index (χ2v) is 5.79. The molecule has 19 heavy (non-hydrogen) atoms. The van der Waals surface area contributed by atoms with Crippen molar-refractivity contribution in [1.29, 1.82) is 5.26 Å². The standard InChI is InChI=1S/C13H11NO4S/c14-6-5-13(12(17)18)4-3-8-7-9(11(15)16)1-2-10(8)19-13/h1-2,7H,3-5H2,(H,15,16)(H,17,18). The Bertz CT molecular complexity index is 593. The van der Waals surface area contributed by atoms with Gasteiger partial charge in [0.2, 0.25) is 0 Å². The van der Waals surface area contributed by atoms with Gasteiger partial charge in [-0.25, -0.2) is 4.79 Å². The van der Waals surface area contributed by atoms with Crippen molar-refractivity contribution in [3.8, 4) is 6.07 Å². The number of hydrogen-bond donors (Lipinski definition) is 2. The Kier molecular flexibility index (Phi) is 3.49. The van der Waals surface area contributed by atoms with Crippen molar-refractivity contribution in [2.24, 2.45) is 0 Å². The Morgan fingerprint density at radius 2 is 2.16 bits per heavy atom. The van der Waals surface area contributed by atoms with Crippen LogP contribution in [0.5, 0.6) is 0 Å². The van der Waals surface area contributed by atoms with Crippen LogP contribution in [0.15, 0.2) is 23.1 Å². The van der Waals surface area contributed by atoms with Crippen LogP contribution >= 0.6 is 11.8 Å². The van der Waals surface area contributed by atoms with Crippen molar-refractivity contribution in [1.82, 2.24) is 0 Å². The molecule has 6 heteroatoms. The zero-order valence-corrected chi connectivity index (χ0v) is 10.7. The van der Waals surface area contributed by atoms with E-state index >= 15 is 0 Å². The quantitative estimate of drug-likeness (QED) is 0.878. The lowest BCUT2D eigenvalue weighted by atomic mass is 9.94. The molecule has 5 nitrogen and oxygen atoms in total. The molecule has 0 spiro atoms. The van der Waals surface area contributed by atoms with Crippen LogP contribution in [0.3, 0.4) is 0 Å². The van der Waals surface area contributed by atoms with E-state index in [0.717, 1.165) is 22.2 Å². The van der Waals surface area contributed by atoms with Crippen molar-refractivity contribution in [2.75, 3.05) is 0 Å². The predicted molar refractivity (Wildman–Crippen MR) is 68.2 cm³/mol. The van der Waals surface area contributed by atoms with Crippen LogP contribution in [0.2, 0.25) is 0 Å².